The molecule has 52 heavy (non-hydrogen) atoms. The number of aliphatic hydroxyl groups is 1. The molecule has 0 radical (unpaired) electrons. The summed E-state index contributed by atoms with van der Waals surface area (Å²) in [5.41, 5.74) is 9.83. The number of aromatic amines is 1. The molecule has 4 aromatic rings. The first-order chi connectivity index (χ1) is 25.2. The Hall–Kier alpha value is -4.53. The third kappa shape index (κ3) is 9.46. The van der Waals surface area contributed by atoms with Gasteiger partial charge in [-0.15, -0.1) is 0 Å². The number of H-pyrrole nitrogens is 1. The normalized spacial score (nSPS) is 16.7. The van der Waals surface area contributed by atoms with Crippen LogP contribution in [0.1, 0.15) is 42.1 Å². The topological polar surface area (TPSA) is 170 Å². The van der Waals surface area contributed by atoms with E-state index in [0.717, 1.165) is 57.8 Å². The fourth-order valence-electron chi connectivity index (χ4n) is 7.17. The van der Waals surface area contributed by atoms with Crippen LogP contribution in [-0.2, 0) is 27.2 Å². The Morgan fingerprint density at radius 3 is 2.77 bits per heavy atom. The first kappa shape index (κ1) is 37.2. The number of likely N-dealkylation sites (tertiary alicyclic amines) is 1. The lowest BCUT2D eigenvalue weighted by atomic mass is 9.89. The summed E-state index contributed by atoms with van der Waals surface area (Å²) in [7, 11) is 1.76. The molecule has 6 rings (SSSR count). The fraction of sp³-hybridized carbons (Fsp3) is 0.462. The smallest absolute Gasteiger partial charge is 0.248 e. The van der Waals surface area contributed by atoms with Crippen molar-refractivity contribution in [2.24, 2.45) is 0 Å². The van der Waals surface area contributed by atoms with Crippen molar-refractivity contribution in [1.29, 1.82) is 0 Å². The number of carbonyl (C=O) groups is 1. The van der Waals surface area contributed by atoms with Crippen molar-refractivity contribution in [2.75, 3.05) is 83.3 Å². The van der Waals surface area contributed by atoms with E-state index >= 15 is 0 Å². The number of aliphatic hydroxyl groups excluding tert-OH is 1. The highest BCUT2D eigenvalue weighted by molar-refractivity contribution is 5.87. The molecule has 0 saturated carbocycles. The summed E-state index contributed by atoms with van der Waals surface area (Å²) in [6.07, 6.45) is 3.96. The van der Waals surface area contributed by atoms with Gasteiger partial charge in [-0.25, -0.2) is 4.98 Å². The minimum absolute atomic E-state index is 0.00617. The number of hydrogen-bond acceptors (Lipinski definition) is 11. The predicted molar refractivity (Wildman–Crippen MR) is 201 cm³/mol. The third-order valence-corrected chi connectivity index (χ3v) is 10.2. The number of piperidine rings is 1. The fourth-order valence-corrected chi connectivity index (χ4v) is 7.17. The highest BCUT2D eigenvalue weighted by atomic mass is 16.5. The van der Waals surface area contributed by atoms with Crippen LogP contribution in [0, 0.1) is 0 Å². The third-order valence-electron chi connectivity index (χ3n) is 10.2. The minimum Gasteiger partial charge on any atom is -0.506 e. The van der Waals surface area contributed by atoms with Gasteiger partial charge in [0.1, 0.15) is 5.75 Å². The maximum atomic E-state index is 12.7. The summed E-state index contributed by atoms with van der Waals surface area (Å²) >= 11 is 0. The number of phenols is 1. The van der Waals surface area contributed by atoms with Crippen LogP contribution in [0.3, 0.4) is 0 Å². The molecular weight excluding hydrogens is 662 g/mol. The van der Waals surface area contributed by atoms with Crippen molar-refractivity contribution in [3.8, 4) is 5.75 Å². The average Bonchev–Trinajstić information content (AvgIpc) is 3.15. The predicted octanol–water partition coefficient (Wildman–Crippen LogP) is 2.81. The molecule has 1 atom stereocenters. The van der Waals surface area contributed by atoms with Crippen molar-refractivity contribution < 1.29 is 24.5 Å². The van der Waals surface area contributed by atoms with E-state index in [0.29, 0.717) is 61.5 Å². The number of rotatable bonds is 15. The summed E-state index contributed by atoms with van der Waals surface area (Å²) < 4.78 is 12.2. The molecule has 2 saturated heterocycles. The molecule has 2 fully saturated rings. The molecule has 278 valence electrons. The Labute approximate surface area is 304 Å². The van der Waals surface area contributed by atoms with Crippen LogP contribution < -0.4 is 21.5 Å². The Morgan fingerprint density at radius 1 is 1.12 bits per heavy atom. The molecule has 1 unspecified atom stereocenters. The van der Waals surface area contributed by atoms with Gasteiger partial charge in [0.15, 0.2) is 5.82 Å². The van der Waals surface area contributed by atoms with Crippen LogP contribution in [0.25, 0.3) is 10.9 Å². The van der Waals surface area contributed by atoms with Crippen molar-refractivity contribution in [2.45, 2.75) is 43.9 Å². The Kier molecular flexibility index (Phi) is 12.4. The molecule has 0 aliphatic carbocycles. The molecule has 6 N–H and O–H groups in total. The molecule has 13 heteroatoms. The van der Waals surface area contributed by atoms with Gasteiger partial charge in [0.05, 0.1) is 49.2 Å². The Bertz CT molecular complexity index is 1860. The largest absolute Gasteiger partial charge is 0.506 e. The van der Waals surface area contributed by atoms with Crippen LogP contribution in [-0.4, -0.2) is 114 Å². The molecule has 13 nitrogen and oxygen atoms in total. The molecule has 0 bridgehead atoms. The highest BCUT2D eigenvalue weighted by Gasteiger charge is 2.40. The molecule has 2 aliphatic heterocycles. The molecule has 2 aromatic heterocycles. The van der Waals surface area contributed by atoms with Crippen molar-refractivity contribution >= 4 is 28.3 Å². The number of nitrogens with zero attached hydrogens (tertiary/aromatic N) is 4. The van der Waals surface area contributed by atoms with Crippen LogP contribution in [0.4, 0.5) is 11.5 Å². The first-order valence-corrected chi connectivity index (χ1v) is 18.1. The molecule has 4 heterocycles. The number of pyridine rings is 2. The maximum Gasteiger partial charge on any atom is 0.248 e. The van der Waals surface area contributed by atoms with Gasteiger partial charge in [0.25, 0.3) is 0 Å². The molecule has 1 amide bonds. The van der Waals surface area contributed by atoms with Crippen LogP contribution in [0.2, 0.25) is 0 Å². The number of nitrogens with two attached hydrogens (primary N) is 1. The van der Waals surface area contributed by atoms with E-state index in [-0.39, 0.29) is 29.4 Å². The second-order valence-corrected chi connectivity index (χ2v) is 13.9. The number of ether oxygens (including phenoxy) is 2. The number of phenolic OH excluding ortho intramolecular Hbond substituents is 1. The van der Waals surface area contributed by atoms with E-state index in [9.17, 15) is 19.8 Å². The van der Waals surface area contributed by atoms with Gasteiger partial charge < -0.3 is 45.5 Å². The van der Waals surface area contributed by atoms with Gasteiger partial charge in [-0.1, -0.05) is 30.3 Å². The maximum absolute atomic E-state index is 12.7. The van der Waals surface area contributed by atoms with Crippen LogP contribution >= 0.6 is 0 Å². The lowest BCUT2D eigenvalue weighted by Gasteiger charge is -2.47. The average molecular weight is 714 g/mol. The van der Waals surface area contributed by atoms with Gasteiger partial charge in [0, 0.05) is 77.1 Å². The van der Waals surface area contributed by atoms with E-state index in [1.165, 1.54) is 23.3 Å². The SMILES string of the molecule is CN(CCNCC(O)c1ccc(O)c2[nH]c(=O)ccc12)C(=O)CCOCCc1cccc(CN2CCC3(CC2)CN(c2ncccc2N)CCO3)c1. The zero-order valence-corrected chi connectivity index (χ0v) is 29.9. The number of fused-ring (bicyclic) bond motifs is 1. The summed E-state index contributed by atoms with van der Waals surface area (Å²) in [4.78, 5) is 37.9. The number of morpholine rings is 1. The molecule has 1 spiro atoms. The second-order valence-electron chi connectivity index (χ2n) is 13.9. The minimum atomic E-state index is -0.857. The Morgan fingerprint density at radius 2 is 1.94 bits per heavy atom. The van der Waals surface area contributed by atoms with E-state index in [4.69, 9.17) is 15.2 Å². The van der Waals surface area contributed by atoms with Crippen molar-refractivity contribution in [3.05, 3.63) is 93.9 Å². The second kappa shape index (κ2) is 17.3. The molecule has 2 aliphatic rings. The lowest BCUT2D eigenvalue weighted by Crippen LogP contribution is -2.57. The summed E-state index contributed by atoms with van der Waals surface area (Å²) in [6.45, 7) is 7.26. The van der Waals surface area contributed by atoms with E-state index in [2.05, 4.69) is 49.4 Å². The van der Waals surface area contributed by atoms with Crippen molar-refractivity contribution in [1.82, 2.24) is 25.1 Å². The molecular formula is C39H51N7O6. The van der Waals surface area contributed by atoms with Gasteiger partial charge in [-0.3, -0.25) is 14.5 Å². The molecule has 2 aromatic carbocycles. The number of nitrogen functional groups attached to an aromatic ring is 1. The monoisotopic (exact) mass is 713 g/mol. The van der Waals surface area contributed by atoms with Gasteiger partial charge >= 0.3 is 0 Å². The highest BCUT2D eigenvalue weighted by Crippen LogP contribution is 2.34. The van der Waals surface area contributed by atoms with Gasteiger partial charge in [0.2, 0.25) is 11.5 Å². The number of carbonyl (C=O) groups excluding carboxylic acids is 1. The van der Waals surface area contributed by atoms with E-state index < -0.39 is 6.10 Å². The summed E-state index contributed by atoms with van der Waals surface area (Å²) in [5, 5.41) is 24.6. The number of likely N-dealkylation sites (N-methyl/N-ethyl adjacent to an activating group) is 1. The number of benzene rings is 2. The lowest BCUT2D eigenvalue weighted by molar-refractivity contribution is -0.131. The van der Waals surface area contributed by atoms with Crippen LogP contribution in [0.5, 0.6) is 5.75 Å². The summed E-state index contributed by atoms with van der Waals surface area (Å²) in [6, 6.07) is 18.5. The van der Waals surface area contributed by atoms with Gasteiger partial charge in [-0.2, -0.15) is 0 Å². The van der Waals surface area contributed by atoms with E-state index in [1.807, 2.05) is 12.1 Å². The van der Waals surface area contributed by atoms with Crippen molar-refractivity contribution in [3.63, 3.8) is 0 Å². The summed E-state index contributed by atoms with van der Waals surface area (Å²) in [5.74, 6) is 0.798. The first-order valence-electron chi connectivity index (χ1n) is 18.1. The number of aromatic nitrogens is 2. The number of hydrogen-bond donors (Lipinski definition) is 5. The number of aromatic hydroxyl groups is 1. The standard InChI is InChI=1S/C39H51N7O6/c1-44(19-16-41-25-34(48)30-7-9-33(47)37-31(30)8-10-35(49)43-37)36(50)12-22-51-21-11-28-4-2-5-29(24-28)26-45-17-13-39(14-18-45)27-46(20-23-52-39)38-32(40)6-3-15-42-38/h2-10,15,24,34,41,47-48H,11-14,16-23,25-27,40H2,1H3,(H,43,49). The number of anilines is 2. The van der Waals surface area contributed by atoms with Crippen LogP contribution in [0.15, 0.2) is 71.7 Å². The van der Waals surface area contributed by atoms with E-state index in [1.54, 1.807) is 30.3 Å². The zero-order valence-electron chi connectivity index (χ0n) is 29.9. The number of amides is 1. The van der Waals surface area contributed by atoms with Gasteiger partial charge in [-0.05, 0) is 60.2 Å². The number of nitrogens with one attached hydrogen (secondary N) is 2. The Balaban J connectivity index is 0.854. The quantitative estimate of drug-likeness (QED) is 0.115. The zero-order chi connectivity index (χ0) is 36.5.